The maximum absolute atomic E-state index is 12.4. The normalized spacial score (nSPS) is 11.6. The van der Waals surface area contributed by atoms with Gasteiger partial charge in [-0.3, -0.25) is 4.79 Å². The summed E-state index contributed by atoms with van der Waals surface area (Å²) < 4.78 is 37.1. The highest BCUT2D eigenvalue weighted by molar-refractivity contribution is 8.00. The molecule has 0 heterocycles. The van der Waals surface area contributed by atoms with E-state index in [4.69, 9.17) is 0 Å². The lowest BCUT2D eigenvalue weighted by Crippen LogP contribution is -2.04. The SMILES string of the molecule is CCc1ccc(CC(C)=O)c(SC(F)(F)F)c1. The Bertz CT molecular complexity index is 413. The van der Waals surface area contributed by atoms with Crippen LogP contribution in [0.2, 0.25) is 0 Å². The van der Waals surface area contributed by atoms with Crippen molar-refractivity contribution in [2.24, 2.45) is 0 Å². The van der Waals surface area contributed by atoms with Gasteiger partial charge in [-0.15, -0.1) is 0 Å². The standard InChI is InChI=1S/C12H13F3OS/c1-3-9-4-5-10(6-8(2)16)11(7-9)17-12(13,14)15/h4-5,7H,3,6H2,1-2H3. The number of aryl methyl sites for hydroxylation is 1. The molecule has 0 atom stereocenters. The van der Waals surface area contributed by atoms with Crippen LogP contribution in [-0.4, -0.2) is 11.3 Å². The third kappa shape index (κ3) is 4.81. The molecule has 0 bridgehead atoms. The Kier molecular flexibility index (Phi) is 4.62. The minimum absolute atomic E-state index is 0.0441. The van der Waals surface area contributed by atoms with Crippen LogP contribution in [0.5, 0.6) is 0 Å². The lowest BCUT2D eigenvalue weighted by molar-refractivity contribution is -0.116. The zero-order valence-electron chi connectivity index (χ0n) is 9.60. The minimum atomic E-state index is -4.32. The second kappa shape index (κ2) is 5.58. The lowest BCUT2D eigenvalue weighted by Gasteiger charge is -2.11. The van der Waals surface area contributed by atoms with Gasteiger partial charge in [-0.05, 0) is 42.3 Å². The van der Waals surface area contributed by atoms with Crippen molar-refractivity contribution in [3.05, 3.63) is 29.3 Å². The number of carbonyl (C=O) groups excluding carboxylic acids is 1. The monoisotopic (exact) mass is 262 g/mol. The molecule has 0 aliphatic carbocycles. The Balaban J connectivity index is 3.07. The van der Waals surface area contributed by atoms with E-state index in [0.717, 1.165) is 5.56 Å². The summed E-state index contributed by atoms with van der Waals surface area (Å²) in [5, 5.41) is 0. The van der Waals surface area contributed by atoms with Crippen LogP contribution in [0, 0.1) is 0 Å². The van der Waals surface area contributed by atoms with Crippen LogP contribution in [0.15, 0.2) is 23.1 Å². The van der Waals surface area contributed by atoms with E-state index in [9.17, 15) is 18.0 Å². The number of hydrogen-bond acceptors (Lipinski definition) is 2. The van der Waals surface area contributed by atoms with Gasteiger partial charge in [0, 0.05) is 11.3 Å². The molecule has 0 amide bonds. The highest BCUT2D eigenvalue weighted by atomic mass is 32.2. The van der Waals surface area contributed by atoms with Crippen molar-refractivity contribution in [2.45, 2.75) is 37.1 Å². The van der Waals surface area contributed by atoms with Crippen molar-refractivity contribution >= 4 is 17.5 Å². The van der Waals surface area contributed by atoms with Crippen LogP contribution < -0.4 is 0 Å². The number of rotatable bonds is 4. The fourth-order valence-corrected chi connectivity index (χ4v) is 2.18. The molecule has 17 heavy (non-hydrogen) atoms. The van der Waals surface area contributed by atoms with Gasteiger partial charge in [-0.25, -0.2) is 0 Å². The fraction of sp³-hybridized carbons (Fsp3) is 0.417. The Labute approximate surface area is 102 Å². The molecule has 1 rings (SSSR count). The van der Waals surface area contributed by atoms with E-state index in [1.807, 2.05) is 6.92 Å². The van der Waals surface area contributed by atoms with Crippen LogP contribution in [0.3, 0.4) is 0 Å². The Hall–Kier alpha value is -0.970. The Morgan fingerprint density at radius 2 is 2.00 bits per heavy atom. The molecule has 0 saturated carbocycles. The number of hydrogen-bond donors (Lipinski definition) is 0. The Morgan fingerprint density at radius 3 is 2.47 bits per heavy atom. The first-order valence-corrected chi connectivity index (χ1v) is 6.00. The number of thioether (sulfide) groups is 1. The van der Waals surface area contributed by atoms with E-state index < -0.39 is 5.51 Å². The van der Waals surface area contributed by atoms with Crippen molar-refractivity contribution in [1.82, 2.24) is 0 Å². The fourth-order valence-electron chi connectivity index (χ4n) is 1.45. The summed E-state index contributed by atoms with van der Waals surface area (Å²) in [6.07, 6.45) is 0.716. The van der Waals surface area contributed by atoms with Gasteiger partial charge in [0.1, 0.15) is 5.78 Å². The summed E-state index contributed by atoms with van der Waals surface area (Å²) in [6, 6.07) is 4.88. The summed E-state index contributed by atoms with van der Waals surface area (Å²) in [6.45, 7) is 3.25. The first kappa shape index (κ1) is 14.1. The molecule has 0 N–H and O–H groups in total. The predicted molar refractivity (Wildman–Crippen MR) is 62.1 cm³/mol. The highest BCUT2D eigenvalue weighted by Crippen LogP contribution is 2.39. The van der Waals surface area contributed by atoms with Gasteiger partial charge in [-0.2, -0.15) is 13.2 Å². The van der Waals surface area contributed by atoms with Gasteiger partial charge in [0.2, 0.25) is 0 Å². The highest BCUT2D eigenvalue weighted by Gasteiger charge is 2.30. The summed E-state index contributed by atoms with van der Waals surface area (Å²) in [5.41, 5.74) is -3.04. The molecular weight excluding hydrogens is 249 g/mol. The first-order chi connectivity index (χ1) is 7.81. The first-order valence-electron chi connectivity index (χ1n) is 5.19. The van der Waals surface area contributed by atoms with Gasteiger partial charge in [0.05, 0.1) is 0 Å². The molecule has 0 aliphatic heterocycles. The molecule has 94 valence electrons. The molecule has 0 saturated heterocycles. The quantitative estimate of drug-likeness (QED) is 0.763. The van der Waals surface area contributed by atoms with Gasteiger partial charge >= 0.3 is 5.51 Å². The summed E-state index contributed by atoms with van der Waals surface area (Å²) >= 11 is -0.153. The van der Waals surface area contributed by atoms with Crippen LogP contribution in [-0.2, 0) is 17.6 Å². The Morgan fingerprint density at radius 1 is 1.35 bits per heavy atom. The van der Waals surface area contributed by atoms with Crippen molar-refractivity contribution in [1.29, 1.82) is 0 Å². The van der Waals surface area contributed by atoms with E-state index in [2.05, 4.69) is 0 Å². The molecule has 5 heteroatoms. The van der Waals surface area contributed by atoms with E-state index >= 15 is 0 Å². The average molecular weight is 262 g/mol. The summed E-state index contributed by atoms with van der Waals surface area (Å²) in [4.78, 5) is 11.1. The topological polar surface area (TPSA) is 17.1 Å². The smallest absolute Gasteiger partial charge is 0.300 e. The van der Waals surface area contributed by atoms with Crippen molar-refractivity contribution in [3.8, 4) is 0 Å². The molecule has 1 aromatic rings. The van der Waals surface area contributed by atoms with Crippen LogP contribution in [0.1, 0.15) is 25.0 Å². The molecular formula is C12H13F3OS. The van der Waals surface area contributed by atoms with Crippen molar-refractivity contribution in [3.63, 3.8) is 0 Å². The van der Waals surface area contributed by atoms with Crippen LogP contribution in [0.4, 0.5) is 13.2 Å². The van der Waals surface area contributed by atoms with E-state index in [1.165, 1.54) is 13.0 Å². The van der Waals surface area contributed by atoms with Gasteiger partial charge in [0.25, 0.3) is 0 Å². The number of carbonyl (C=O) groups is 1. The summed E-state index contributed by atoms with van der Waals surface area (Å²) in [7, 11) is 0. The molecule has 0 radical (unpaired) electrons. The molecule has 0 unspecified atom stereocenters. The average Bonchev–Trinajstić information content (AvgIpc) is 2.17. The van der Waals surface area contributed by atoms with Gasteiger partial charge in [-0.1, -0.05) is 19.1 Å². The largest absolute Gasteiger partial charge is 0.446 e. The third-order valence-electron chi connectivity index (χ3n) is 2.20. The van der Waals surface area contributed by atoms with E-state index in [1.54, 1.807) is 12.1 Å². The molecule has 1 nitrogen and oxygen atoms in total. The zero-order valence-corrected chi connectivity index (χ0v) is 10.4. The molecule has 0 spiro atoms. The minimum Gasteiger partial charge on any atom is -0.300 e. The molecule has 0 fully saturated rings. The predicted octanol–water partition coefficient (Wildman–Crippen LogP) is 3.99. The maximum Gasteiger partial charge on any atom is 0.446 e. The number of Topliss-reactive ketones (excluding diaryl/α,β-unsaturated/α-hetero) is 1. The maximum atomic E-state index is 12.4. The number of benzene rings is 1. The summed E-state index contributed by atoms with van der Waals surface area (Å²) in [5.74, 6) is -0.140. The third-order valence-corrected chi connectivity index (χ3v) is 3.04. The molecule has 0 aliphatic rings. The van der Waals surface area contributed by atoms with Crippen molar-refractivity contribution in [2.75, 3.05) is 0 Å². The molecule has 0 aromatic heterocycles. The number of halogens is 3. The van der Waals surface area contributed by atoms with Crippen LogP contribution in [0.25, 0.3) is 0 Å². The van der Waals surface area contributed by atoms with Gasteiger partial charge < -0.3 is 0 Å². The second-order valence-electron chi connectivity index (χ2n) is 3.72. The number of ketones is 1. The van der Waals surface area contributed by atoms with Crippen molar-refractivity contribution < 1.29 is 18.0 Å². The van der Waals surface area contributed by atoms with E-state index in [-0.39, 0.29) is 28.9 Å². The van der Waals surface area contributed by atoms with Gasteiger partial charge in [0.15, 0.2) is 0 Å². The second-order valence-corrected chi connectivity index (χ2v) is 4.83. The van der Waals surface area contributed by atoms with E-state index in [0.29, 0.717) is 12.0 Å². The zero-order chi connectivity index (χ0) is 13.1. The number of alkyl halides is 3. The van der Waals surface area contributed by atoms with Crippen LogP contribution >= 0.6 is 11.8 Å². The lowest BCUT2D eigenvalue weighted by atomic mass is 10.1. The molecule has 1 aromatic carbocycles.